The first-order valence-electron chi connectivity index (χ1n) is 8.93. The Bertz CT molecular complexity index is 827. The van der Waals surface area contributed by atoms with Crippen LogP contribution in [0.1, 0.15) is 16.8 Å². The predicted molar refractivity (Wildman–Crippen MR) is 96.9 cm³/mol. The van der Waals surface area contributed by atoms with E-state index in [9.17, 15) is 0 Å². The average Bonchev–Trinajstić information content (AvgIpc) is 3.21. The first kappa shape index (κ1) is 16.9. The summed E-state index contributed by atoms with van der Waals surface area (Å²) < 4.78 is 9.95. The third-order valence-corrected chi connectivity index (χ3v) is 4.65. The van der Waals surface area contributed by atoms with Crippen LogP contribution < -0.4 is 0 Å². The van der Waals surface area contributed by atoms with Crippen LogP contribution in [-0.4, -0.2) is 42.6 Å². The fourth-order valence-electron chi connectivity index (χ4n) is 3.48. The van der Waals surface area contributed by atoms with Crippen molar-refractivity contribution in [1.82, 2.24) is 29.4 Å². The van der Waals surface area contributed by atoms with Crippen molar-refractivity contribution in [3.8, 4) is 0 Å². The first-order chi connectivity index (χ1) is 12.8. The molecule has 1 aliphatic rings. The number of rotatable bonds is 6. The highest BCUT2D eigenvalue weighted by atomic mass is 16.5. The van der Waals surface area contributed by atoms with Crippen LogP contribution >= 0.6 is 0 Å². The molecule has 0 radical (unpaired) electrons. The largest absolute Gasteiger partial charge is 0.376 e. The summed E-state index contributed by atoms with van der Waals surface area (Å²) in [5.74, 6) is 0.393. The Labute approximate surface area is 153 Å². The Morgan fingerprint density at radius 1 is 1.12 bits per heavy atom. The van der Waals surface area contributed by atoms with Crippen molar-refractivity contribution in [2.24, 2.45) is 13.0 Å². The van der Waals surface area contributed by atoms with Crippen molar-refractivity contribution in [2.75, 3.05) is 13.2 Å². The molecule has 0 aliphatic carbocycles. The molecule has 0 unspecified atom stereocenters. The van der Waals surface area contributed by atoms with Crippen molar-refractivity contribution in [2.45, 2.75) is 26.2 Å². The lowest BCUT2D eigenvalue weighted by Crippen LogP contribution is -2.30. The number of aryl methyl sites for hydroxylation is 1. The van der Waals surface area contributed by atoms with Gasteiger partial charge in [-0.2, -0.15) is 10.2 Å². The van der Waals surface area contributed by atoms with Gasteiger partial charge in [-0.3, -0.25) is 19.2 Å². The molecule has 0 aromatic carbocycles. The average molecular weight is 352 g/mol. The summed E-state index contributed by atoms with van der Waals surface area (Å²) in [7, 11) is 1.95. The fraction of sp³-hybridized carbons (Fsp3) is 0.421. The molecule has 1 aliphatic heterocycles. The van der Waals surface area contributed by atoms with Gasteiger partial charge in [-0.05, 0) is 17.7 Å². The summed E-state index contributed by atoms with van der Waals surface area (Å²) in [5, 5.41) is 8.77. The van der Waals surface area contributed by atoms with Gasteiger partial charge in [-0.15, -0.1) is 0 Å². The van der Waals surface area contributed by atoms with Gasteiger partial charge in [0.25, 0.3) is 0 Å². The molecule has 7 nitrogen and oxygen atoms in total. The van der Waals surface area contributed by atoms with Crippen molar-refractivity contribution in [3.05, 3.63) is 66.0 Å². The van der Waals surface area contributed by atoms with Crippen molar-refractivity contribution in [3.63, 3.8) is 0 Å². The molecule has 3 aromatic heterocycles. The zero-order chi connectivity index (χ0) is 17.8. The second kappa shape index (κ2) is 7.80. The van der Waals surface area contributed by atoms with Crippen LogP contribution in [0.3, 0.4) is 0 Å². The SMILES string of the molecule is Cn1cc(CN2Cc3ccnn3C[C@H](COCc3cccnc3)C2)cn1. The first-order valence-corrected chi connectivity index (χ1v) is 8.93. The molecule has 0 spiro atoms. The monoisotopic (exact) mass is 352 g/mol. The number of hydrogen-bond acceptors (Lipinski definition) is 5. The highest BCUT2D eigenvalue weighted by Gasteiger charge is 2.23. The zero-order valence-corrected chi connectivity index (χ0v) is 15.0. The van der Waals surface area contributed by atoms with Crippen LogP contribution in [0, 0.1) is 5.92 Å². The van der Waals surface area contributed by atoms with Gasteiger partial charge in [0.15, 0.2) is 0 Å². The lowest BCUT2D eigenvalue weighted by Gasteiger charge is -2.23. The Kier molecular flexibility index (Phi) is 5.08. The summed E-state index contributed by atoms with van der Waals surface area (Å²) >= 11 is 0. The van der Waals surface area contributed by atoms with E-state index < -0.39 is 0 Å². The van der Waals surface area contributed by atoms with Gasteiger partial charge in [0.2, 0.25) is 0 Å². The van der Waals surface area contributed by atoms with E-state index in [-0.39, 0.29) is 0 Å². The van der Waals surface area contributed by atoms with Gasteiger partial charge in [0, 0.05) is 69.5 Å². The molecule has 0 saturated carbocycles. The topological polar surface area (TPSA) is 61.0 Å². The van der Waals surface area contributed by atoms with Gasteiger partial charge in [0.05, 0.1) is 25.1 Å². The smallest absolute Gasteiger partial charge is 0.0731 e. The van der Waals surface area contributed by atoms with Crippen LogP contribution in [0.5, 0.6) is 0 Å². The standard InChI is InChI=1S/C19H24N6O/c1-23-9-17(8-22-23)10-24-11-18(12-25-19(13-24)4-6-21-25)15-26-14-16-3-2-5-20-7-16/h2-9,18H,10-15H2,1H3/t18-/m1/s1. The molecule has 136 valence electrons. The summed E-state index contributed by atoms with van der Waals surface area (Å²) in [5.41, 5.74) is 3.59. The van der Waals surface area contributed by atoms with Gasteiger partial charge < -0.3 is 4.74 Å². The van der Waals surface area contributed by atoms with Gasteiger partial charge in [0.1, 0.15) is 0 Å². The lowest BCUT2D eigenvalue weighted by atomic mass is 10.1. The van der Waals surface area contributed by atoms with E-state index in [1.807, 2.05) is 42.5 Å². The van der Waals surface area contributed by atoms with Crippen LogP contribution in [0.25, 0.3) is 0 Å². The quantitative estimate of drug-likeness (QED) is 0.678. The number of hydrogen-bond donors (Lipinski definition) is 0. The van der Waals surface area contributed by atoms with Crippen molar-refractivity contribution >= 4 is 0 Å². The van der Waals surface area contributed by atoms with Gasteiger partial charge in [-0.25, -0.2) is 0 Å². The molecule has 1 atom stereocenters. The van der Waals surface area contributed by atoms with E-state index in [0.29, 0.717) is 19.1 Å². The molecule has 0 fully saturated rings. The summed E-state index contributed by atoms with van der Waals surface area (Å²) in [6, 6.07) is 6.09. The van der Waals surface area contributed by atoms with Crippen LogP contribution in [0.15, 0.2) is 49.2 Å². The minimum absolute atomic E-state index is 0.393. The third-order valence-electron chi connectivity index (χ3n) is 4.65. The highest BCUT2D eigenvalue weighted by Crippen LogP contribution is 2.18. The molecule has 4 heterocycles. The molecule has 7 heteroatoms. The molecular formula is C19H24N6O. The predicted octanol–water partition coefficient (Wildman–Crippen LogP) is 1.86. The maximum Gasteiger partial charge on any atom is 0.0731 e. The van der Waals surface area contributed by atoms with E-state index in [0.717, 1.165) is 31.7 Å². The summed E-state index contributed by atoms with van der Waals surface area (Å²) in [4.78, 5) is 6.59. The van der Waals surface area contributed by atoms with E-state index in [2.05, 4.69) is 37.0 Å². The van der Waals surface area contributed by atoms with Gasteiger partial charge >= 0.3 is 0 Å². The van der Waals surface area contributed by atoms with E-state index >= 15 is 0 Å². The molecule has 0 N–H and O–H groups in total. The molecule has 0 amide bonds. The fourth-order valence-corrected chi connectivity index (χ4v) is 3.48. The molecule has 0 saturated heterocycles. The molecule has 26 heavy (non-hydrogen) atoms. The second-order valence-corrected chi connectivity index (χ2v) is 6.94. The summed E-state index contributed by atoms with van der Waals surface area (Å²) in [6.07, 6.45) is 9.54. The number of fused-ring (bicyclic) bond motifs is 1. The molecule has 0 bridgehead atoms. The molecule has 4 rings (SSSR count). The maximum atomic E-state index is 5.98. The highest BCUT2D eigenvalue weighted by molar-refractivity contribution is 5.08. The Hall–Kier alpha value is -2.51. The Morgan fingerprint density at radius 2 is 2.08 bits per heavy atom. The van der Waals surface area contributed by atoms with Crippen molar-refractivity contribution < 1.29 is 4.74 Å². The van der Waals surface area contributed by atoms with E-state index in [1.165, 1.54) is 11.3 Å². The number of pyridine rings is 1. The second-order valence-electron chi connectivity index (χ2n) is 6.94. The van der Waals surface area contributed by atoms with Crippen LogP contribution in [0.4, 0.5) is 0 Å². The Balaban J connectivity index is 1.40. The molecular weight excluding hydrogens is 328 g/mol. The van der Waals surface area contributed by atoms with Crippen LogP contribution in [0.2, 0.25) is 0 Å². The Morgan fingerprint density at radius 3 is 2.88 bits per heavy atom. The van der Waals surface area contributed by atoms with E-state index in [1.54, 1.807) is 6.20 Å². The van der Waals surface area contributed by atoms with E-state index in [4.69, 9.17) is 4.74 Å². The maximum absolute atomic E-state index is 5.98. The van der Waals surface area contributed by atoms with Crippen molar-refractivity contribution in [1.29, 1.82) is 0 Å². The molecule has 3 aromatic rings. The van der Waals surface area contributed by atoms with Gasteiger partial charge in [-0.1, -0.05) is 6.07 Å². The number of nitrogens with zero attached hydrogens (tertiary/aromatic N) is 6. The minimum Gasteiger partial charge on any atom is -0.376 e. The summed E-state index contributed by atoms with van der Waals surface area (Å²) in [6.45, 7) is 4.95. The normalized spacial score (nSPS) is 17.8. The third kappa shape index (κ3) is 4.17. The van der Waals surface area contributed by atoms with Crippen LogP contribution in [-0.2, 0) is 38.0 Å². The number of ether oxygens (including phenoxy) is 1. The minimum atomic E-state index is 0.393. The zero-order valence-electron chi connectivity index (χ0n) is 15.0. The lowest BCUT2D eigenvalue weighted by molar-refractivity contribution is 0.0655. The number of aromatic nitrogens is 5.